The molecule has 0 radical (unpaired) electrons. The second kappa shape index (κ2) is 3.59. The van der Waals surface area contributed by atoms with Crippen LogP contribution in [-0.4, -0.2) is 5.84 Å². The summed E-state index contributed by atoms with van der Waals surface area (Å²) in [5.41, 5.74) is 7.42. The molecule has 1 rings (SSSR count). The molecule has 0 saturated carbocycles. The summed E-state index contributed by atoms with van der Waals surface area (Å²) in [7, 11) is 0. The lowest BCUT2D eigenvalue weighted by molar-refractivity contribution is 1.21. The van der Waals surface area contributed by atoms with Crippen molar-refractivity contribution < 1.29 is 0 Å². The van der Waals surface area contributed by atoms with Gasteiger partial charge in [-0.2, -0.15) is 0 Å². The van der Waals surface area contributed by atoms with Crippen LogP contribution in [0.5, 0.6) is 0 Å². The van der Waals surface area contributed by atoms with E-state index >= 15 is 0 Å². The Hall–Kier alpha value is -1.02. The molecular formula is C9H11ClN2. The Morgan fingerprint density at radius 1 is 1.58 bits per heavy atom. The van der Waals surface area contributed by atoms with Gasteiger partial charge in [0, 0.05) is 11.4 Å². The highest BCUT2D eigenvalue weighted by molar-refractivity contribution is 6.30. The van der Waals surface area contributed by atoms with Gasteiger partial charge in [-0.15, -0.1) is 0 Å². The van der Waals surface area contributed by atoms with Gasteiger partial charge < -0.3 is 5.73 Å². The van der Waals surface area contributed by atoms with Crippen molar-refractivity contribution in [3.8, 4) is 0 Å². The van der Waals surface area contributed by atoms with E-state index in [1.807, 2.05) is 25.1 Å². The van der Waals surface area contributed by atoms with Crippen molar-refractivity contribution >= 4 is 17.4 Å². The van der Waals surface area contributed by atoms with Crippen LogP contribution >= 0.6 is 11.6 Å². The van der Waals surface area contributed by atoms with Crippen LogP contribution in [0.4, 0.5) is 0 Å². The highest BCUT2D eigenvalue weighted by Gasteiger charge is 1.99. The molecule has 3 N–H and O–H groups in total. The molecule has 0 aliphatic carbocycles. The SMILES string of the molecule is Cc1cc(Cl)ccc1CC(=N)N. The molecule has 0 saturated heterocycles. The van der Waals surface area contributed by atoms with Crippen molar-refractivity contribution in [2.45, 2.75) is 13.3 Å². The van der Waals surface area contributed by atoms with Crippen molar-refractivity contribution in [1.82, 2.24) is 0 Å². The van der Waals surface area contributed by atoms with E-state index in [1.54, 1.807) is 0 Å². The molecule has 1 aromatic carbocycles. The lowest BCUT2D eigenvalue weighted by Gasteiger charge is -2.03. The van der Waals surface area contributed by atoms with Crippen molar-refractivity contribution in [2.75, 3.05) is 0 Å². The monoisotopic (exact) mass is 182 g/mol. The van der Waals surface area contributed by atoms with E-state index in [0.717, 1.165) is 16.1 Å². The zero-order chi connectivity index (χ0) is 9.14. The molecule has 64 valence electrons. The first-order chi connectivity index (χ1) is 5.59. The van der Waals surface area contributed by atoms with Crippen LogP contribution < -0.4 is 5.73 Å². The summed E-state index contributed by atoms with van der Waals surface area (Å²) in [5.74, 6) is 0.181. The fourth-order valence-corrected chi connectivity index (χ4v) is 1.29. The predicted octanol–water partition coefficient (Wildman–Crippen LogP) is 2.13. The number of aryl methyl sites for hydroxylation is 1. The van der Waals surface area contributed by atoms with E-state index in [0.29, 0.717) is 6.42 Å². The molecule has 0 heterocycles. The first kappa shape index (κ1) is 9.07. The van der Waals surface area contributed by atoms with Gasteiger partial charge in [0.15, 0.2) is 0 Å². The summed E-state index contributed by atoms with van der Waals surface area (Å²) in [6, 6.07) is 5.59. The molecule has 1 aromatic rings. The van der Waals surface area contributed by atoms with Crippen LogP contribution in [0.1, 0.15) is 11.1 Å². The number of amidine groups is 1. The fourth-order valence-electron chi connectivity index (χ4n) is 1.06. The Kier molecular flexibility index (Phi) is 2.71. The van der Waals surface area contributed by atoms with Gasteiger partial charge in [-0.3, -0.25) is 5.41 Å². The molecule has 12 heavy (non-hydrogen) atoms. The van der Waals surface area contributed by atoms with Gasteiger partial charge in [-0.1, -0.05) is 17.7 Å². The quantitative estimate of drug-likeness (QED) is 0.534. The van der Waals surface area contributed by atoms with Crippen LogP contribution in [-0.2, 0) is 6.42 Å². The Labute approximate surface area is 76.9 Å². The minimum absolute atomic E-state index is 0.181. The molecule has 0 amide bonds. The molecule has 3 heteroatoms. The minimum atomic E-state index is 0.181. The standard InChI is InChI=1S/C9H11ClN2/c1-6-4-8(10)3-2-7(6)5-9(11)12/h2-4H,5H2,1H3,(H3,11,12). The normalized spacial score (nSPS) is 9.83. The first-order valence-corrected chi connectivity index (χ1v) is 4.05. The summed E-state index contributed by atoms with van der Waals surface area (Å²) in [4.78, 5) is 0. The number of hydrogen-bond acceptors (Lipinski definition) is 1. The molecule has 0 aliphatic heterocycles. The molecule has 0 unspecified atom stereocenters. The molecule has 0 aliphatic rings. The Bertz CT molecular complexity index is 307. The molecule has 0 bridgehead atoms. The second-order valence-electron chi connectivity index (χ2n) is 2.77. The third-order valence-corrected chi connectivity index (χ3v) is 1.92. The maximum absolute atomic E-state index is 7.13. The van der Waals surface area contributed by atoms with E-state index in [2.05, 4.69) is 0 Å². The average molecular weight is 183 g/mol. The van der Waals surface area contributed by atoms with Crippen molar-refractivity contribution in [3.05, 3.63) is 34.3 Å². The lowest BCUT2D eigenvalue weighted by Crippen LogP contribution is -2.13. The van der Waals surface area contributed by atoms with Gasteiger partial charge in [-0.25, -0.2) is 0 Å². The van der Waals surface area contributed by atoms with Crippen LogP contribution in [0.2, 0.25) is 5.02 Å². The number of nitrogens with two attached hydrogens (primary N) is 1. The van der Waals surface area contributed by atoms with E-state index in [-0.39, 0.29) is 5.84 Å². The molecule has 0 spiro atoms. The topological polar surface area (TPSA) is 49.9 Å². The molecule has 2 nitrogen and oxygen atoms in total. The second-order valence-corrected chi connectivity index (χ2v) is 3.21. The molecule has 0 fully saturated rings. The third-order valence-electron chi connectivity index (χ3n) is 1.69. The summed E-state index contributed by atoms with van der Waals surface area (Å²) < 4.78 is 0. The van der Waals surface area contributed by atoms with Crippen LogP contribution in [0, 0.1) is 12.3 Å². The summed E-state index contributed by atoms with van der Waals surface area (Å²) in [6.07, 6.45) is 0.503. The van der Waals surface area contributed by atoms with E-state index in [1.165, 1.54) is 0 Å². The van der Waals surface area contributed by atoms with E-state index in [9.17, 15) is 0 Å². The summed E-state index contributed by atoms with van der Waals surface area (Å²) >= 11 is 5.77. The van der Waals surface area contributed by atoms with Crippen molar-refractivity contribution in [1.29, 1.82) is 5.41 Å². The van der Waals surface area contributed by atoms with Gasteiger partial charge in [0.25, 0.3) is 0 Å². The zero-order valence-electron chi connectivity index (χ0n) is 6.89. The largest absolute Gasteiger partial charge is 0.387 e. The van der Waals surface area contributed by atoms with E-state index in [4.69, 9.17) is 22.7 Å². The zero-order valence-corrected chi connectivity index (χ0v) is 7.65. The number of benzene rings is 1. The van der Waals surface area contributed by atoms with Gasteiger partial charge in [0.05, 0.1) is 5.84 Å². The summed E-state index contributed by atoms with van der Waals surface area (Å²) in [6.45, 7) is 1.96. The Morgan fingerprint density at radius 2 is 2.25 bits per heavy atom. The molecular weight excluding hydrogens is 172 g/mol. The Morgan fingerprint density at radius 3 is 2.75 bits per heavy atom. The maximum Gasteiger partial charge on any atom is 0.0950 e. The highest BCUT2D eigenvalue weighted by atomic mass is 35.5. The number of nitrogens with one attached hydrogen (secondary N) is 1. The smallest absolute Gasteiger partial charge is 0.0950 e. The number of hydrogen-bond donors (Lipinski definition) is 2. The molecule has 0 atom stereocenters. The fraction of sp³-hybridized carbons (Fsp3) is 0.222. The van der Waals surface area contributed by atoms with Gasteiger partial charge in [-0.05, 0) is 30.2 Å². The maximum atomic E-state index is 7.13. The van der Waals surface area contributed by atoms with E-state index < -0.39 is 0 Å². The average Bonchev–Trinajstić information content (AvgIpc) is 1.94. The van der Waals surface area contributed by atoms with Gasteiger partial charge >= 0.3 is 0 Å². The molecule has 0 aromatic heterocycles. The number of halogens is 1. The van der Waals surface area contributed by atoms with Crippen LogP contribution in [0.3, 0.4) is 0 Å². The third kappa shape index (κ3) is 2.24. The van der Waals surface area contributed by atoms with Crippen LogP contribution in [0.15, 0.2) is 18.2 Å². The Balaban J connectivity index is 2.93. The van der Waals surface area contributed by atoms with Gasteiger partial charge in [0.2, 0.25) is 0 Å². The van der Waals surface area contributed by atoms with Gasteiger partial charge in [0.1, 0.15) is 0 Å². The van der Waals surface area contributed by atoms with Crippen molar-refractivity contribution in [2.24, 2.45) is 5.73 Å². The van der Waals surface area contributed by atoms with Crippen LogP contribution in [0.25, 0.3) is 0 Å². The van der Waals surface area contributed by atoms with Crippen molar-refractivity contribution in [3.63, 3.8) is 0 Å². The minimum Gasteiger partial charge on any atom is -0.387 e. The number of rotatable bonds is 2. The predicted molar refractivity (Wildman–Crippen MR) is 51.8 cm³/mol. The lowest BCUT2D eigenvalue weighted by atomic mass is 10.1. The summed E-state index contributed by atoms with van der Waals surface area (Å²) in [5, 5.41) is 7.85. The first-order valence-electron chi connectivity index (χ1n) is 3.67. The highest BCUT2D eigenvalue weighted by Crippen LogP contribution is 2.15.